The molecular formula is C6H14N2O4S. The number of carbonyl (C=O) groups is 1. The lowest BCUT2D eigenvalue weighted by Gasteiger charge is -2.23. The van der Waals surface area contributed by atoms with E-state index in [1.54, 1.807) is 20.8 Å². The summed E-state index contributed by atoms with van der Waals surface area (Å²) >= 11 is -2.42. The molecule has 0 aliphatic carbocycles. The molecule has 0 radical (unpaired) electrons. The molecule has 0 aromatic carbocycles. The lowest BCUT2D eigenvalue weighted by molar-refractivity contribution is 0.0337. The van der Waals surface area contributed by atoms with Crippen molar-refractivity contribution >= 4 is 17.4 Å². The van der Waals surface area contributed by atoms with Crippen molar-refractivity contribution in [2.24, 2.45) is 0 Å². The summed E-state index contributed by atoms with van der Waals surface area (Å²) in [5.41, 5.74) is 1.54. The zero-order chi connectivity index (χ0) is 10.6. The monoisotopic (exact) mass is 210 g/mol. The van der Waals surface area contributed by atoms with E-state index in [4.69, 9.17) is 9.29 Å². The van der Waals surface area contributed by atoms with Crippen LogP contribution in [0.3, 0.4) is 0 Å². The largest absolute Gasteiger partial charge is 0.442 e. The van der Waals surface area contributed by atoms with Crippen LogP contribution in [0.5, 0.6) is 0 Å². The van der Waals surface area contributed by atoms with Crippen molar-refractivity contribution in [3.63, 3.8) is 0 Å². The topological polar surface area (TPSA) is 78.9 Å². The molecule has 6 nitrogen and oxygen atoms in total. The van der Waals surface area contributed by atoms with Gasteiger partial charge in [-0.15, -0.1) is 4.41 Å². The van der Waals surface area contributed by atoms with Crippen LogP contribution in [0, 0.1) is 0 Å². The van der Waals surface area contributed by atoms with Crippen LogP contribution in [0.25, 0.3) is 0 Å². The van der Waals surface area contributed by atoms with Crippen molar-refractivity contribution in [2.45, 2.75) is 26.4 Å². The average molecular weight is 210 g/mol. The second kappa shape index (κ2) is 4.54. The first-order chi connectivity index (χ1) is 5.78. The highest BCUT2D eigenvalue weighted by atomic mass is 32.2. The Hall–Kier alpha value is -0.660. The first-order valence-electron chi connectivity index (χ1n) is 3.59. The minimum absolute atomic E-state index is 0.477. The molecule has 0 spiro atoms. The fraction of sp³-hybridized carbons (Fsp3) is 0.833. The number of hydrogen-bond acceptors (Lipinski definition) is 4. The second-order valence-electron chi connectivity index (χ2n) is 3.23. The summed E-state index contributed by atoms with van der Waals surface area (Å²) in [4.78, 5) is 11.1. The predicted octanol–water partition coefficient (Wildman–Crippen LogP) is 0.495. The van der Waals surface area contributed by atoms with Gasteiger partial charge < -0.3 is 4.74 Å². The van der Waals surface area contributed by atoms with Gasteiger partial charge >= 0.3 is 6.09 Å². The Labute approximate surface area is 79.6 Å². The van der Waals surface area contributed by atoms with Crippen LogP contribution < -0.4 is 5.43 Å². The highest BCUT2D eigenvalue weighted by Gasteiger charge is 2.24. The van der Waals surface area contributed by atoms with Gasteiger partial charge in [0, 0.05) is 7.05 Å². The van der Waals surface area contributed by atoms with Gasteiger partial charge in [-0.3, -0.25) is 4.55 Å². The maximum atomic E-state index is 11.1. The third kappa shape index (κ3) is 4.81. The first-order valence-corrected chi connectivity index (χ1v) is 4.66. The van der Waals surface area contributed by atoms with Crippen molar-refractivity contribution in [2.75, 3.05) is 7.05 Å². The zero-order valence-electron chi connectivity index (χ0n) is 8.03. The lowest BCUT2D eigenvalue weighted by Crippen LogP contribution is -2.44. The van der Waals surface area contributed by atoms with Gasteiger partial charge in [-0.1, -0.05) is 0 Å². The van der Waals surface area contributed by atoms with Crippen LogP contribution >= 0.6 is 0 Å². The van der Waals surface area contributed by atoms with Gasteiger partial charge in [-0.25, -0.2) is 14.4 Å². The summed E-state index contributed by atoms with van der Waals surface area (Å²) in [6.07, 6.45) is -0.893. The predicted molar refractivity (Wildman–Crippen MR) is 47.9 cm³/mol. The van der Waals surface area contributed by atoms with Crippen molar-refractivity contribution in [1.29, 1.82) is 0 Å². The smallest absolute Gasteiger partial charge is 0.439 e. The quantitative estimate of drug-likeness (QED) is 0.512. The maximum absolute atomic E-state index is 11.1. The Morgan fingerprint density at radius 2 is 2.00 bits per heavy atom. The van der Waals surface area contributed by atoms with Gasteiger partial charge in [0.25, 0.3) is 11.3 Å². The van der Waals surface area contributed by atoms with Gasteiger partial charge in [0.15, 0.2) is 0 Å². The molecule has 0 aliphatic heterocycles. The number of amides is 1. The van der Waals surface area contributed by atoms with E-state index in [9.17, 15) is 9.00 Å². The minimum Gasteiger partial charge on any atom is -0.442 e. The van der Waals surface area contributed by atoms with E-state index < -0.39 is 23.0 Å². The van der Waals surface area contributed by atoms with E-state index in [2.05, 4.69) is 5.43 Å². The van der Waals surface area contributed by atoms with Crippen molar-refractivity contribution in [3.8, 4) is 0 Å². The Bertz CT molecular complexity index is 213. The van der Waals surface area contributed by atoms with Gasteiger partial charge in [0.1, 0.15) is 5.60 Å². The SMILES string of the molecule is CNN(C(=O)OC(C)(C)C)S(=O)O. The first kappa shape index (κ1) is 12.3. The van der Waals surface area contributed by atoms with Crippen LogP contribution in [0.1, 0.15) is 20.8 Å². The van der Waals surface area contributed by atoms with Crippen LogP contribution in [-0.2, 0) is 16.0 Å². The van der Waals surface area contributed by atoms with Gasteiger partial charge in [0.2, 0.25) is 0 Å². The average Bonchev–Trinajstić information content (AvgIpc) is 1.82. The fourth-order valence-corrected chi connectivity index (χ4v) is 0.858. The number of ether oxygens (including phenoxy) is 1. The standard InChI is InChI=1S/C6H14N2O4S/c1-6(2,3)12-5(9)8(7-4)13(10)11/h7H,1-4H3,(H,10,11). The summed E-state index contributed by atoms with van der Waals surface area (Å²) in [7, 11) is 1.35. The minimum atomic E-state index is -2.42. The molecule has 0 aliphatic rings. The molecule has 0 saturated heterocycles. The summed E-state index contributed by atoms with van der Waals surface area (Å²) in [6, 6.07) is 0. The van der Waals surface area contributed by atoms with Gasteiger partial charge in [-0.2, -0.15) is 0 Å². The molecule has 0 heterocycles. The zero-order valence-corrected chi connectivity index (χ0v) is 8.84. The second-order valence-corrected chi connectivity index (χ2v) is 4.06. The molecule has 0 aromatic rings. The number of hydrazine groups is 1. The number of rotatable bonds is 2. The Morgan fingerprint density at radius 3 is 2.23 bits per heavy atom. The lowest BCUT2D eigenvalue weighted by atomic mass is 10.2. The Kier molecular flexibility index (Phi) is 4.31. The van der Waals surface area contributed by atoms with E-state index in [1.807, 2.05) is 0 Å². The third-order valence-corrected chi connectivity index (χ3v) is 1.56. The van der Waals surface area contributed by atoms with E-state index in [0.29, 0.717) is 4.41 Å². The Balaban J connectivity index is 4.32. The van der Waals surface area contributed by atoms with E-state index in [1.165, 1.54) is 7.05 Å². The van der Waals surface area contributed by atoms with E-state index in [-0.39, 0.29) is 0 Å². The molecule has 2 N–H and O–H groups in total. The molecule has 78 valence electrons. The van der Waals surface area contributed by atoms with Crippen LogP contribution in [0.15, 0.2) is 0 Å². The third-order valence-electron chi connectivity index (χ3n) is 0.919. The van der Waals surface area contributed by atoms with E-state index in [0.717, 1.165) is 0 Å². The van der Waals surface area contributed by atoms with Crippen LogP contribution in [0.2, 0.25) is 0 Å². The van der Waals surface area contributed by atoms with Gasteiger partial charge in [-0.05, 0) is 20.8 Å². The number of nitrogens with one attached hydrogen (secondary N) is 1. The number of carbonyl (C=O) groups excluding carboxylic acids is 1. The normalized spacial score (nSPS) is 13.6. The fourth-order valence-electron chi connectivity index (χ4n) is 0.537. The molecule has 0 aromatic heterocycles. The molecule has 0 fully saturated rings. The molecule has 1 atom stereocenters. The summed E-state index contributed by atoms with van der Waals surface area (Å²) in [5.74, 6) is 0. The molecule has 7 heteroatoms. The molecule has 1 amide bonds. The van der Waals surface area contributed by atoms with Crippen molar-refractivity contribution in [3.05, 3.63) is 0 Å². The highest BCUT2D eigenvalue weighted by Crippen LogP contribution is 2.09. The van der Waals surface area contributed by atoms with Crippen LogP contribution in [0.4, 0.5) is 4.79 Å². The Morgan fingerprint density at radius 1 is 1.54 bits per heavy atom. The van der Waals surface area contributed by atoms with Crippen molar-refractivity contribution < 1.29 is 18.3 Å². The molecular weight excluding hydrogens is 196 g/mol. The summed E-state index contributed by atoms with van der Waals surface area (Å²) in [6.45, 7) is 5.00. The molecule has 0 saturated carbocycles. The summed E-state index contributed by atoms with van der Waals surface area (Å²) < 4.78 is 24.4. The van der Waals surface area contributed by atoms with Crippen LogP contribution in [-0.4, -0.2) is 31.9 Å². The van der Waals surface area contributed by atoms with Gasteiger partial charge in [0.05, 0.1) is 0 Å². The van der Waals surface area contributed by atoms with E-state index >= 15 is 0 Å². The summed E-state index contributed by atoms with van der Waals surface area (Å²) in [5, 5.41) is 0. The number of nitrogens with zero attached hydrogens (tertiary/aromatic N) is 1. The maximum Gasteiger partial charge on any atom is 0.439 e. The molecule has 1 unspecified atom stereocenters. The molecule has 0 rings (SSSR count). The van der Waals surface area contributed by atoms with Crippen molar-refractivity contribution in [1.82, 2.24) is 9.84 Å². The molecule has 0 bridgehead atoms. The number of hydrogen-bond donors (Lipinski definition) is 2. The molecule has 13 heavy (non-hydrogen) atoms. The highest BCUT2D eigenvalue weighted by molar-refractivity contribution is 7.77.